The van der Waals surface area contributed by atoms with Gasteiger partial charge in [-0.05, 0) is 19.3 Å². The number of rotatable bonds is 2. The Hall–Kier alpha value is -1.36. The number of aromatic amines is 1. The average Bonchev–Trinajstić information content (AvgIpc) is 2.59. The fraction of sp³-hybridized carbons (Fsp3) is 0.600. The molecular weight excluding hydrogens is 192 g/mol. The van der Waals surface area contributed by atoms with Crippen LogP contribution in [-0.4, -0.2) is 16.0 Å². The van der Waals surface area contributed by atoms with Crippen molar-refractivity contribution in [1.82, 2.24) is 15.3 Å². The molecule has 0 atom stereocenters. The van der Waals surface area contributed by atoms with Crippen molar-refractivity contribution >= 4 is 5.95 Å². The van der Waals surface area contributed by atoms with Crippen LogP contribution in [0.5, 0.6) is 0 Å². The summed E-state index contributed by atoms with van der Waals surface area (Å²) in [5, 5.41) is 6.38. The van der Waals surface area contributed by atoms with Crippen LogP contribution in [0.2, 0.25) is 0 Å². The maximum Gasteiger partial charge on any atom is 0.257 e. The molecule has 1 saturated carbocycles. The second kappa shape index (κ2) is 3.34. The van der Waals surface area contributed by atoms with E-state index in [9.17, 15) is 4.79 Å². The van der Waals surface area contributed by atoms with Crippen LogP contribution in [-0.2, 0) is 13.1 Å². The van der Waals surface area contributed by atoms with E-state index >= 15 is 0 Å². The maximum absolute atomic E-state index is 11.6. The lowest BCUT2D eigenvalue weighted by Crippen LogP contribution is -2.29. The van der Waals surface area contributed by atoms with Crippen molar-refractivity contribution in [2.24, 2.45) is 0 Å². The highest BCUT2D eigenvalue weighted by molar-refractivity contribution is 5.32. The molecule has 1 aliphatic heterocycles. The van der Waals surface area contributed by atoms with Gasteiger partial charge in [0, 0.05) is 19.1 Å². The first-order valence-corrected chi connectivity index (χ1v) is 5.42. The van der Waals surface area contributed by atoms with Crippen molar-refractivity contribution < 1.29 is 0 Å². The molecule has 1 aromatic rings. The molecule has 0 unspecified atom stereocenters. The smallest absolute Gasteiger partial charge is 0.257 e. The van der Waals surface area contributed by atoms with Crippen molar-refractivity contribution in [1.29, 1.82) is 0 Å². The number of H-pyrrole nitrogens is 1. The van der Waals surface area contributed by atoms with E-state index in [2.05, 4.69) is 20.6 Å². The summed E-state index contributed by atoms with van der Waals surface area (Å²) in [6.07, 6.45) is 3.63. The molecule has 0 radical (unpaired) electrons. The van der Waals surface area contributed by atoms with Crippen LogP contribution >= 0.6 is 0 Å². The lowest BCUT2D eigenvalue weighted by Gasteiger charge is -2.26. The van der Waals surface area contributed by atoms with Gasteiger partial charge in [0.25, 0.3) is 5.56 Å². The minimum absolute atomic E-state index is 0.00757. The second-order valence-corrected chi connectivity index (χ2v) is 4.22. The number of anilines is 1. The van der Waals surface area contributed by atoms with Crippen molar-refractivity contribution in [3.63, 3.8) is 0 Å². The largest absolute Gasteiger partial charge is 0.353 e. The molecule has 15 heavy (non-hydrogen) atoms. The molecule has 80 valence electrons. The molecular formula is C10H14N4O. The zero-order valence-corrected chi connectivity index (χ0v) is 8.47. The van der Waals surface area contributed by atoms with E-state index in [1.54, 1.807) is 0 Å². The summed E-state index contributed by atoms with van der Waals surface area (Å²) in [5.41, 5.74) is 1.67. The number of fused-ring (bicyclic) bond motifs is 1. The molecule has 0 saturated heterocycles. The van der Waals surface area contributed by atoms with Crippen molar-refractivity contribution in [2.75, 3.05) is 5.32 Å². The van der Waals surface area contributed by atoms with Gasteiger partial charge < -0.3 is 10.6 Å². The van der Waals surface area contributed by atoms with Gasteiger partial charge in [0.2, 0.25) is 5.95 Å². The highest BCUT2D eigenvalue weighted by Crippen LogP contribution is 2.21. The lowest BCUT2D eigenvalue weighted by molar-refractivity contribution is 0.443. The van der Waals surface area contributed by atoms with Gasteiger partial charge in [-0.1, -0.05) is 0 Å². The van der Waals surface area contributed by atoms with Gasteiger partial charge >= 0.3 is 0 Å². The molecule has 5 heteroatoms. The maximum atomic E-state index is 11.6. The molecule has 5 nitrogen and oxygen atoms in total. The molecule has 2 aliphatic rings. The van der Waals surface area contributed by atoms with E-state index in [0.29, 0.717) is 25.1 Å². The molecule has 0 bridgehead atoms. The van der Waals surface area contributed by atoms with Crippen LogP contribution in [0.25, 0.3) is 0 Å². The van der Waals surface area contributed by atoms with Gasteiger partial charge in [-0.25, -0.2) is 4.98 Å². The molecule has 0 spiro atoms. The lowest BCUT2D eigenvalue weighted by atomic mass is 9.93. The third-order valence-corrected chi connectivity index (χ3v) is 3.14. The Kier molecular flexibility index (Phi) is 1.98. The predicted octanol–water partition coefficient (Wildman–Crippen LogP) is 0.337. The molecule has 1 aromatic heterocycles. The Bertz CT molecular complexity index is 436. The fourth-order valence-electron chi connectivity index (χ4n) is 1.99. The summed E-state index contributed by atoms with van der Waals surface area (Å²) < 4.78 is 0. The van der Waals surface area contributed by atoms with E-state index in [-0.39, 0.29) is 5.56 Å². The number of hydrogen-bond acceptors (Lipinski definition) is 4. The highest BCUT2D eigenvalue weighted by Gasteiger charge is 2.20. The van der Waals surface area contributed by atoms with Crippen LogP contribution in [0.3, 0.4) is 0 Å². The first kappa shape index (κ1) is 8.91. The first-order valence-electron chi connectivity index (χ1n) is 5.42. The average molecular weight is 206 g/mol. The molecule has 0 aromatic carbocycles. The zero-order valence-electron chi connectivity index (χ0n) is 8.47. The summed E-state index contributed by atoms with van der Waals surface area (Å²) in [6, 6.07) is 0.501. The van der Waals surface area contributed by atoms with Crippen molar-refractivity contribution in [2.45, 2.75) is 38.4 Å². The quantitative estimate of drug-likeness (QED) is 0.652. The van der Waals surface area contributed by atoms with Crippen molar-refractivity contribution in [3.05, 3.63) is 21.6 Å². The summed E-state index contributed by atoms with van der Waals surface area (Å²) in [5.74, 6) is 0.632. The summed E-state index contributed by atoms with van der Waals surface area (Å²) in [6.45, 7) is 1.35. The van der Waals surface area contributed by atoms with Gasteiger partial charge in [-0.15, -0.1) is 0 Å². The van der Waals surface area contributed by atoms with Gasteiger partial charge in [0.15, 0.2) is 0 Å². The van der Waals surface area contributed by atoms with Gasteiger partial charge in [0.1, 0.15) is 0 Å². The fourth-order valence-corrected chi connectivity index (χ4v) is 1.99. The predicted molar refractivity (Wildman–Crippen MR) is 56.7 cm³/mol. The Morgan fingerprint density at radius 2 is 2.20 bits per heavy atom. The normalized spacial score (nSPS) is 19.7. The number of aromatic nitrogens is 2. The van der Waals surface area contributed by atoms with E-state index in [1.807, 2.05) is 0 Å². The number of nitrogens with zero attached hydrogens (tertiary/aromatic N) is 1. The topological polar surface area (TPSA) is 69.8 Å². The third-order valence-electron chi connectivity index (χ3n) is 3.14. The number of hydrogen-bond donors (Lipinski definition) is 3. The van der Waals surface area contributed by atoms with Crippen LogP contribution < -0.4 is 16.2 Å². The highest BCUT2D eigenvalue weighted by atomic mass is 16.1. The van der Waals surface area contributed by atoms with Gasteiger partial charge in [-0.2, -0.15) is 0 Å². The van der Waals surface area contributed by atoms with Crippen LogP contribution in [0.15, 0.2) is 4.79 Å². The molecule has 0 amide bonds. The van der Waals surface area contributed by atoms with E-state index in [0.717, 1.165) is 11.3 Å². The second-order valence-electron chi connectivity index (χ2n) is 4.22. The minimum Gasteiger partial charge on any atom is -0.353 e. The SMILES string of the molecule is O=c1[nH]c(NC2CCC2)nc2c1CNC2. The van der Waals surface area contributed by atoms with Crippen LogP contribution in [0.4, 0.5) is 5.95 Å². The first-order chi connectivity index (χ1) is 7.33. The molecule has 3 rings (SSSR count). The van der Waals surface area contributed by atoms with Gasteiger partial charge in [-0.3, -0.25) is 9.78 Å². The Labute approximate surface area is 87.3 Å². The monoisotopic (exact) mass is 206 g/mol. The van der Waals surface area contributed by atoms with Crippen LogP contribution in [0.1, 0.15) is 30.5 Å². The van der Waals surface area contributed by atoms with E-state index < -0.39 is 0 Å². The zero-order chi connectivity index (χ0) is 10.3. The van der Waals surface area contributed by atoms with Crippen LogP contribution in [0, 0.1) is 0 Å². The summed E-state index contributed by atoms with van der Waals surface area (Å²) >= 11 is 0. The van der Waals surface area contributed by atoms with E-state index in [1.165, 1.54) is 19.3 Å². The Morgan fingerprint density at radius 3 is 2.93 bits per heavy atom. The standard InChI is InChI=1S/C10H14N4O/c15-9-7-4-11-5-8(7)13-10(14-9)12-6-2-1-3-6/h6,11H,1-5H2,(H2,12,13,14,15). The molecule has 3 N–H and O–H groups in total. The summed E-state index contributed by atoms with van der Waals surface area (Å²) in [7, 11) is 0. The third kappa shape index (κ3) is 1.52. The minimum atomic E-state index is -0.00757. The van der Waals surface area contributed by atoms with Crippen molar-refractivity contribution in [3.8, 4) is 0 Å². The number of nitrogens with one attached hydrogen (secondary N) is 3. The summed E-state index contributed by atoms with van der Waals surface area (Å²) in [4.78, 5) is 18.8. The molecule has 1 aliphatic carbocycles. The molecule has 1 fully saturated rings. The Morgan fingerprint density at radius 1 is 1.33 bits per heavy atom. The van der Waals surface area contributed by atoms with E-state index in [4.69, 9.17) is 0 Å². The Balaban J connectivity index is 1.89. The van der Waals surface area contributed by atoms with Gasteiger partial charge in [0.05, 0.1) is 11.3 Å². The molecule has 2 heterocycles.